The summed E-state index contributed by atoms with van der Waals surface area (Å²) < 4.78 is 11.0. The summed E-state index contributed by atoms with van der Waals surface area (Å²) in [7, 11) is 1.36. The summed E-state index contributed by atoms with van der Waals surface area (Å²) in [5.41, 5.74) is 2.04. The lowest BCUT2D eigenvalue weighted by Gasteiger charge is -2.20. The Morgan fingerprint density at radius 3 is 2.48 bits per heavy atom. The van der Waals surface area contributed by atoms with Crippen LogP contribution in [0.25, 0.3) is 0 Å². The second-order valence-corrected chi connectivity index (χ2v) is 5.47. The number of nitrogens with one attached hydrogen (secondary N) is 1. The van der Waals surface area contributed by atoms with Crippen LogP contribution in [0.3, 0.4) is 0 Å². The zero-order valence-electron chi connectivity index (χ0n) is 12.5. The molecule has 0 aliphatic carbocycles. The van der Waals surface area contributed by atoms with E-state index in [1.165, 1.54) is 18.7 Å². The van der Waals surface area contributed by atoms with Crippen molar-refractivity contribution in [1.82, 2.24) is 5.48 Å². The predicted molar refractivity (Wildman–Crippen MR) is 87.8 cm³/mol. The molecule has 0 bridgehead atoms. The van der Waals surface area contributed by atoms with Gasteiger partial charge in [0, 0.05) is 5.56 Å². The van der Waals surface area contributed by atoms with Gasteiger partial charge in [0.2, 0.25) is 0 Å². The molecule has 0 spiro atoms. The largest absolute Gasteiger partial charge is 0.494 e. The number of para-hydroxylation sites is 1. The van der Waals surface area contributed by atoms with E-state index in [1.54, 1.807) is 6.92 Å². The first-order chi connectivity index (χ1) is 11.0. The first-order valence-electron chi connectivity index (χ1n) is 6.71. The van der Waals surface area contributed by atoms with E-state index in [9.17, 15) is 4.79 Å². The Morgan fingerprint density at radius 1 is 1.26 bits per heavy atom. The molecule has 23 heavy (non-hydrogen) atoms. The molecule has 0 radical (unpaired) electrons. The standard InChI is InChI=1S/C16H15Cl2NO4/c1-9(23-10-6-4-3-5-7-10)11-8-12(17)13(16(20)19-21)15(22-2)14(11)18/h3-9,21H,1-2H3,(H,19,20). The monoisotopic (exact) mass is 355 g/mol. The highest BCUT2D eigenvalue weighted by atomic mass is 35.5. The Hall–Kier alpha value is -1.95. The number of rotatable bonds is 5. The third-order valence-electron chi connectivity index (χ3n) is 3.23. The lowest BCUT2D eigenvalue weighted by molar-refractivity contribution is 0.0703. The SMILES string of the molecule is COc1c(Cl)c(C(C)Oc2ccccc2)cc(Cl)c1C(=O)NO. The van der Waals surface area contributed by atoms with Crippen LogP contribution >= 0.6 is 23.2 Å². The predicted octanol–water partition coefficient (Wildman–Crippen LogP) is 4.26. The van der Waals surface area contributed by atoms with Gasteiger partial charge >= 0.3 is 0 Å². The van der Waals surface area contributed by atoms with Gasteiger partial charge in [0.1, 0.15) is 17.4 Å². The third-order valence-corrected chi connectivity index (χ3v) is 3.92. The van der Waals surface area contributed by atoms with Crippen molar-refractivity contribution >= 4 is 29.1 Å². The van der Waals surface area contributed by atoms with Crippen molar-refractivity contribution in [3.05, 3.63) is 57.6 Å². The maximum absolute atomic E-state index is 11.7. The van der Waals surface area contributed by atoms with Gasteiger partial charge in [0.05, 0.1) is 17.2 Å². The number of benzene rings is 2. The first-order valence-corrected chi connectivity index (χ1v) is 7.47. The summed E-state index contributed by atoms with van der Waals surface area (Å²) in [4.78, 5) is 11.7. The summed E-state index contributed by atoms with van der Waals surface area (Å²) >= 11 is 12.5. The number of halogens is 2. The Balaban J connectivity index is 2.43. The topological polar surface area (TPSA) is 67.8 Å². The van der Waals surface area contributed by atoms with Gasteiger partial charge in [-0.2, -0.15) is 0 Å². The molecule has 122 valence electrons. The summed E-state index contributed by atoms with van der Waals surface area (Å²) in [6, 6.07) is 10.7. The van der Waals surface area contributed by atoms with Crippen LogP contribution in [0, 0.1) is 0 Å². The quantitative estimate of drug-likeness (QED) is 0.621. The van der Waals surface area contributed by atoms with Crippen LogP contribution in [0.4, 0.5) is 0 Å². The van der Waals surface area contributed by atoms with Crippen LogP contribution in [0.2, 0.25) is 10.0 Å². The fourth-order valence-electron chi connectivity index (χ4n) is 2.14. The average molecular weight is 356 g/mol. The minimum absolute atomic E-state index is 0.0441. The van der Waals surface area contributed by atoms with E-state index in [0.29, 0.717) is 11.3 Å². The number of hydrogen-bond acceptors (Lipinski definition) is 4. The van der Waals surface area contributed by atoms with Crippen LogP contribution < -0.4 is 15.0 Å². The zero-order chi connectivity index (χ0) is 17.0. The molecule has 1 amide bonds. The number of ether oxygens (including phenoxy) is 2. The average Bonchev–Trinajstić information content (AvgIpc) is 2.56. The van der Waals surface area contributed by atoms with Gasteiger partial charge in [-0.15, -0.1) is 0 Å². The van der Waals surface area contributed by atoms with Gasteiger partial charge in [0.25, 0.3) is 5.91 Å². The molecule has 0 aliphatic rings. The van der Waals surface area contributed by atoms with Gasteiger partial charge in [0.15, 0.2) is 5.75 Å². The molecule has 2 rings (SSSR count). The second-order valence-electron chi connectivity index (χ2n) is 4.68. The first kappa shape index (κ1) is 17.4. The lowest BCUT2D eigenvalue weighted by Crippen LogP contribution is -2.20. The highest BCUT2D eigenvalue weighted by Crippen LogP contribution is 2.40. The van der Waals surface area contributed by atoms with E-state index in [1.807, 2.05) is 30.3 Å². The smallest absolute Gasteiger partial charge is 0.279 e. The maximum atomic E-state index is 11.7. The number of methoxy groups -OCH3 is 1. The lowest BCUT2D eigenvalue weighted by atomic mass is 10.1. The number of hydrogen-bond donors (Lipinski definition) is 2. The Kier molecular flexibility index (Phi) is 5.71. The zero-order valence-corrected chi connectivity index (χ0v) is 14.0. The van der Waals surface area contributed by atoms with Crippen molar-refractivity contribution in [1.29, 1.82) is 0 Å². The fraction of sp³-hybridized carbons (Fsp3) is 0.188. The van der Waals surface area contributed by atoms with Gasteiger partial charge in [-0.05, 0) is 25.1 Å². The van der Waals surface area contributed by atoms with Gasteiger partial charge in [-0.25, -0.2) is 5.48 Å². The normalized spacial score (nSPS) is 11.7. The van der Waals surface area contributed by atoms with E-state index in [-0.39, 0.29) is 21.4 Å². The highest BCUT2D eigenvalue weighted by molar-refractivity contribution is 6.37. The molecule has 2 N–H and O–H groups in total. The van der Waals surface area contributed by atoms with Crippen molar-refractivity contribution in [2.75, 3.05) is 7.11 Å². The molecule has 1 atom stereocenters. The molecule has 0 saturated heterocycles. The number of carbonyl (C=O) groups excluding carboxylic acids is 1. The van der Waals surface area contributed by atoms with Gasteiger partial charge in [-0.3, -0.25) is 10.0 Å². The van der Waals surface area contributed by atoms with Crippen LogP contribution in [0.15, 0.2) is 36.4 Å². The number of amides is 1. The second kappa shape index (κ2) is 7.55. The minimum Gasteiger partial charge on any atom is -0.494 e. The summed E-state index contributed by atoms with van der Waals surface area (Å²) in [5.74, 6) is -0.0653. The molecule has 0 heterocycles. The summed E-state index contributed by atoms with van der Waals surface area (Å²) in [6.07, 6.45) is -0.428. The molecule has 5 nitrogen and oxygen atoms in total. The Morgan fingerprint density at radius 2 is 1.91 bits per heavy atom. The molecule has 7 heteroatoms. The molecule has 1 unspecified atom stereocenters. The Bertz CT molecular complexity index is 707. The minimum atomic E-state index is -0.808. The molecule has 0 fully saturated rings. The van der Waals surface area contributed by atoms with E-state index >= 15 is 0 Å². The molecule has 2 aromatic carbocycles. The van der Waals surface area contributed by atoms with Crippen molar-refractivity contribution < 1.29 is 19.5 Å². The summed E-state index contributed by atoms with van der Waals surface area (Å²) in [5, 5.41) is 9.10. The van der Waals surface area contributed by atoms with Crippen molar-refractivity contribution in [3.63, 3.8) is 0 Å². The van der Waals surface area contributed by atoms with Crippen molar-refractivity contribution in [3.8, 4) is 11.5 Å². The van der Waals surface area contributed by atoms with E-state index in [4.69, 9.17) is 37.9 Å². The van der Waals surface area contributed by atoms with E-state index in [0.717, 1.165) is 0 Å². The van der Waals surface area contributed by atoms with Crippen LogP contribution in [-0.2, 0) is 0 Å². The Labute approximate surface area is 143 Å². The molecular weight excluding hydrogens is 341 g/mol. The van der Waals surface area contributed by atoms with Crippen LogP contribution in [0.5, 0.6) is 11.5 Å². The molecule has 0 saturated carbocycles. The molecule has 0 aliphatic heterocycles. The molecule has 2 aromatic rings. The summed E-state index contributed by atoms with van der Waals surface area (Å²) in [6.45, 7) is 1.80. The van der Waals surface area contributed by atoms with E-state index < -0.39 is 12.0 Å². The number of hydroxylamine groups is 1. The maximum Gasteiger partial charge on any atom is 0.279 e. The van der Waals surface area contributed by atoms with Crippen molar-refractivity contribution in [2.24, 2.45) is 0 Å². The van der Waals surface area contributed by atoms with Crippen LogP contribution in [0.1, 0.15) is 28.9 Å². The van der Waals surface area contributed by atoms with E-state index in [2.05, 4.69) is 0 Å². The highest BCUT2D eigenvalue weighted by Gasteiger charge is 2.25. The third kappa shape index (κ3) is 3.69. The van der Waals surface area contributed by atoms with Crippen LogP contribution in [-0.4, -0.2) is 18.2 Å². The van der Waals surface area contributed by atoms with Crippen molar-refractivity contribution in [2.45, 2.75) is 13.0 Å². The van der Waals surface area contributed by atoms with Gasteiger partial charge in [-0.1, -0.05) is 41.4 Å². The fourth-order valence-corrected chi connectivity index (χ4v) is 2.81. The molecular formula is C16H15Cl2NO4. The molecule has 0 aromatic heterocycles. The van der Waals surface area contributed by atoms with Gasteiger partial charge < -0.3 is 9.47 Å². The number of carbonyl (C=O) groups is 1.